The molecule has 2 aromatic heterocycles. The maximum absolute atomic E-state index is 5.89. The minimum absolute atomic E-state index is 0.449. The van der Waals surface area contributed by atoms with Gasteiger partial charge in [0, 0.05) is 23.7 Å². The molecule has 2 heterocycles. The predicted molar refractivity (Wildman–Crippen MR) is 77.7 cm³/mol. The molecule has 1 aromatic carbocycles. The molecule has 3 aromatic rings. The molecule has 0 saturated heterocycles. The highest BCUT2D eigenvalue weighted by atomic mass is 32.1. The number of nitrogens with two attached hydrogens (primary N) is 1. The highest BCUT2D eigenvalue weighted by molar-refractivity contribution is 7.15. The summed E-state index contributed by atoms with van der Waals surface area (Å²) in [6.45, 7) is 2.51. The van der Waals surface area contributed by atoms with E-state index >= 15 is 0 Å². The molecule has 0 amide bonds. The lowest BCUT2D eigenvalue weighted by molar-refractivity contribution is 0.416. The van der Waals surface area contributed by atoms with Crippen LogP contribution in [0.4, 0.5) is 0 Å². The third-order valence-corrected chi connectivity index (χ3v) is 3.92. The molecule has 0 unspecified atom stereocenters. The number of nitrogens with zero attached hydrogens (tertiary/aromatic N) is 2. The fourth-order valence-corrected chi connectivity index (χ4v) is 2.98. The topological polar surface area (TPSA) is 52.5 Å². The van der Waals surface area contributed by atoms with Crippen molar-refractivity contribution in [2.45, 2.75) is 13.5 Å². The lowest BCUT2D eigenvalue weighted by atomic mass is 10.1. The smallest absolute Gasteiger partial charge is 0.194 e. The van der Waals surface area contributed by atoms with E-state index < -0.39 is 0 Å². The number of imidazole rings is 1. The predicted octanol–water partition coefficient (Wildman–Crippen LogP) is 2.84. The van der Waals surface area contributed by atoms with Crippen LogP contribution in [0.25, 0.3) is 16.2 Å². The number of thiazole rings is 1. The van der Waals surface area contributed by atoms with Crippen LogP contribution in [0, 0.1) is 6.92 Å². The Morgan fingerprint density at radius 3 is 3.00 bits per heavy atom. The fraction of sp³-hybridized carbons (Fsp3) is 0.214. The Hall–Kier alpha value is -1.85. The van der Waals surface area contributed by atoms with E-state index in [1.165, 1.54) is 5.56 Å². The van der Waals surface area contributed by atoms with Crippen molar-refractivity contribution in [1.82, 2.24) is 9.38 Å². The maximum atomic E-state index is 5.89. The van der Waals surface area contributed by atoms with Crippen molar-refractivity contribution in [3.8, 4) is 17.0 Å². The van der Waals surface area contributed by atoms with E-state index in [1.807, 2.05) is 28.1 Å². The van der Waals surface area contributed by atoms with Gasteiger partial charge in [-0.25, -0.2) is 4.98 Å². The third-order valence-electron chi connectivity index (χ3n) is 3.16. The molecular formula is C14H15N3OS. The van der Waals surface area contributed by atoms with Crippen molar-refractivity contribution < 1.29 is 4.74 Å². The normalized spacial score (nSPS) is 11.1. The molecule has 2 N–H and O–H groups in total. The molecule has 0 atom stereocenters. The standard InChI is InChI=1S/C14H15N3OS/c1-9-3-4-12(18-2)10(7-9)13-11(8-15)17-5-6-19-14(17)16-13/h3-7H,8,15H2,1-2H3. The molecule has 0 fully saturated rings. The Bertz CT molecular complexity index is 729. The summed E-state index contributed by atoms with van der Waals surface area (Å²) < 4.78 is 7.48. The minimum atomic E-state index is 0.449. The molecule has 0 saturated carbocycles. The highest BCUT2D eigenvalue weighted by Gasteiger charge is 2.17. The molecule has 98 valence electrons. The highest BCUT2D eigenvalue weighted by Crippen LogP contribution is 2.33. The number of aromatic nitrogens is 2. The first kappa shape index (κ1) is 12.2. The monoisotopic (exact) mass is 273 g/mol. The Labute approximate surface area is 115 Å². The number of methoxy groups -OCH3 is 1. The van der Waals surface area contributed by atoms with Gasteiger partial charge in [0.05, 0.1) is 18.5 Å². The van der Waals surface area contributed by atoms with Gasteiger partial charge in [0.15, 0.2) is 4.96 Å². The summed E-state index contributed by atoms with van der Waals surface area (Å²) >= 11 is 1.61. The summed E-state index contributed by atoms with van der Waals surface area (Å²) in [7, 11) is 1.68. The minimum Gasteiger partial charge on any atom is -0.496 e. The zero-order chi connectivity index (χ0) is 13.4. The SMILES string of the molecule is COc1ccc(C)cc1-c1nc2sccn2c1CN. The number of fused-ring (bicyclic) bond motifs is 1. The Kier molecular flexibility index (Phi) is 3.00. The van der Waals surface area contributed by atoms with E-state index in [0.29, 0.717) is 6.54 Å². The second-order valence-electron chi connectivity index (χ2n) is 4.37. The number of aryl methyl sites for hydroxylation is 1. The molecule has 0 aliphatic carbocycles. The van der Waals surface area contributed by atoms with Crippen LogP contribution in [-0.4, -0.2) is 16.5 Å². The number of benzene rings is 1. The van der Waals surface area contributed by atoms with Gasteiger partial charge in [-0.2, -0.15) is 0 Å². The third kappa shape index (κ3) is 1.91. The van der Waals surface area contributed by atoms with Crippen LogP contribution < -0.4 is 10.5 Å². The molecule has 5 heteroatoms. The molecule has 0 bridgehead atoms. The Balaban J connectivity index is 2.28. The van der Waals surface area contributed by atoms with Crippen LogP contribution in [-0.2, 0) is 6.54 Å². The van der Waals surface area contributed by atoms with Gasteiger partial charge in [0.2, 0.25) is 0 Å². The van der Waals surface area contributed by atoms with Crippen molar-refractivity contribution in [2.75, 3.05) is 7.11 Å². The van der Waals surface area contributed by atoms with E-state index in [4.69, 9.17) is 10.5 Å². The second kappa shape index (κ2) is 4.68. The molecular weight excluding hydrogens is 258 g/mol. The van der Waals surface area contributed by atoms with E-state index in [1.54, 1.807) is 18.4 Å². The first-order valence-corrected chi connectivity index (χ1v) is 6.92. The van der Waals surface area contributed by atoms with Gasteiger partial charge in [-0.1, -0.05) is 11.6 Å². The summed E-state index contributed by atoms with van der Waals surface area (Å²) in [5.74, 6) is 0.825. The summed E-state index contributed by atoms with van der Waals surface area (Å²) in [6, 6.07) is 6.09. The molecule has 0 spiro atoms. The number of hydrogen-bond acceptors (Lipinski definition) is 4. The molecule has 4 nitrogen and oxygen atoms in total. The summed E-state index contributed by atoms with van der Waals surface area (Å²) in [5, 5.41) is 2.01. The lowest BCUT2D eigenvalue weighted by Crippen LogP contribution is -2.02. The number of ether oxygens (including phenoxy) is 1. The molecule has 0 aliphatic rings. The summed E-state index contributed by atoms with van der Waals surface area (Å²) in [5.41, 5.74) is 9.99. The van der Waals surface area contributed by atoms with E-state index in [-0.39, 0.29) is 0 Å². The van der Waals surface area contributed by atoms with Gasteiger partial charge in [0.25, 0.3) is 0 Å². The van der Waals surface area contributed by atoms with E-state index in [0.717, 1.165) is 27.7 Å². The van der Waals surface area contributed by atoms with E-state index in [9.17, 15) is 0 Å². The van der Waals surface area contributed by atoms with Crippen LogP contribution in [0.1, 0.15) is 11.3 Å². The van der Waals surface area contributed by atoms with Gasteiger partial charge in [-0.05, 0) is 19.1 Å². The Morgan fingerprint density at radius 1 is 1.42 bits per heavy atom. The number of hydrogen-bond donors (Lipinski definition) is 1. The fourth-order valence-electron chi connectivity index (χ4n) is 2.25. The maximum Gasteiger partial charge on any atom is 0.194 e. The first-order valence-electron chi connectivity index (χ1n) is 6.04. The molecule has 0 radical (unpaired) electrons. The van der Waals surface area contributed by atoms with Crippen LogP contribution in [0.2, 0.25) is 0 Å². The van der Waals surface area contributed by atoms with Crippen LogP contribution >= 0.6 is 11.3 Å². The Morgan fingerprint density at radius 2 is 2.26 bits per heavy atom. The van der Waals surface area contributed by atoms with Crippen molar-refractivity contribution in [3.05, 3.63) is 41.0 Å². The van der Waals surface area contributed by atoms with Crippen LogP contribution in [0.3, 0.4) is 0 Å². The van der Waals surface area contributed by atoms with Gasteiger partial charge in [-0.3, -0.25) is 4.40 Å². The summed E-state index contributed by atoms with van der Waals surface area (Å²) in [4.78, 5) is 5.64. The summed E-state index contributed by atoms with van der Waals surface area (Å²) in [6.07, 6.45) is 2.00. The van der Waals surface area contributed by atoms with Crippen molar-refractivity contribution in [1.29, 1.82) is 0 Å². The number of rotatable bonds is 3. The lowest BCUT2D eigenvalue weighted by Gasteiger charge is -2.09. The zero-order valence-corrected chi connectivity index (χ0v) is 11.7. The largest absolute Gasteiger partial charge is 0.496 e. The van der Waals surface area contributed by atoms with Gasteiger partial charge >= 0.3 is 0 Å². The van der Waals surface area contributed by atoms with Crippen LogP contribution in [0.15, 0.2) is 29.8 Å². The van der Waals surface area contributed by atoms with Gasteiger partial charge in [0.1, 0.15) is 5.75 Å². The molecule has 3 rings (SSSR count). The van der Waals surface area contributed by atoms with Gasteiger partial charge in [-0.15, -0.1) is 11.3 Å². The van der Waals surface area contributed by atoms with Gasteiger partial charge < -0.3 is 10.5 Å². The van der Waals surface area contributed by atoms with Crippen molar-refractivity contribution in [3.63, 3.8) is 0 Å². The quantitative estimate of drug-likeness (QED) is 0.798. The van der Waals surface area contributed by atoms with Crippen LogP contribution in [0.5, 0.6) is 5.75 Å². The average Bonchev–Trinajstić information content (AvgIpc) is 2.98. The van der Waals surface area contributed by atoms with Crippen molar-refractivity contribution >= 4 is 16.3 Å². The zero-order valence-electron chi connectivity index (χ0n) is 10.9. The van der Waals surface area contributed by atoms with E-state index in [2.05, 4.69) is 18.0 Å². The second-order valence-corrected chi connectivity index (χ2v) is 5.24. The first-order chi connectivity index (χ1) is 9.24. The average molecular weight is 273 g/mol. The molecule has 19 heavy (non-hydrogen) atoms. The van der Waals surface area contributed by atoms with Crippen molar-refractivity contribution in [2.24, 2.45) is 5.73 Å². The molecule has 0 aliphatic heterocycles.